The van der Waals surface area contributed by atoms with Crippen LogP contribution >= 0.6 is 11.3 Å². The number of rotatable bonds is 3. The second-order valence-corrected chi connectivity index (χ2v) is 7.23. The summed E-state index contributed by atoms with van der Waals surface area (Å²) < 4.78 is 11.2. The zero-order valence-corrected chi connectivity index (χ0v) is 15.9. The van der Waals surface area contributed by atoms with Crippen molar-refractivity contribution in [3.05, 3.63) is 63.8 Å². The van der Waals surface area contributed by atoms with Gasteiger partial charge in [-0.15, -0.1) is 11.3 Å². The number of aromatic nitrogens is 2. The number of thiazole rings is 1. The van der Waals surface area contributed by atoms with Crippen molar-refractivity contribution in [2.45, 2.75) is 0 Å². The van der Waals surface area contributed by atoms with Crippen LogP contribution in [0.4, 0.5) is 5.13 Å². The fourth-order valence-electron chi connectivity index (χ4n) is 3.20. The molecule has 8 heteroatoms. The average Bonchev–Trinajstić information content (AvgIpc) is 3.22. The largest absolute Gasteiger partial charge is 0.494 e. The van der Waals surface area contributed by atoms with Gasteiger partial charge in [-0.2, -0.15) is 0 Å². The predicted octanol–water partition coefficient (Wildman–Crippen LogP) is 3.88. The third kappa shape index (κ3) is 3.23. The van der Waals surface area contributed by atoms with Gasteiger partial charge in [-0.05, 0) is 24.3 Å². The van der Waals surface area contributed by atoms with E-state index in [0.29, 0.717) is 40.4 Å². The van der Waals surface area contributed by atoms with Gasteiger partial charge in [0, 0.05) is 27.9 Å². The second-order valence-electron chi connectivity index (χ2n) is 6.39. The summed E-state index contributed by atoms with van der Waals surface area (Å²) in [6.45, 7) is 1.08. The lowest BCUT2D eigenvalue weighted by Gasteiger charge is -2.18. The lowest BCUT2D eigenvalue weighted by Crippen LogP contribution is -2.15. The van der Waals surface area contributed by atoms with E-state index >= 15 is 0 Å². The van der Waals surface area contributed by atoms with Crippen molar-refractivity contribution < 1.29 is 14.6 Å². The van der Waals surface area contributed by atoms with Crippen LogP contribution in [0.5, 0.6) is 17.4 Å². The van der Waals surface area contributed by atoms with Crippen LogP contribution in [0.25, 0.3) is 22.0 Å². The molecule has 0 saturated carbocycles. The van der Waals surface area contributed by atoms with Crippen LogP contribution < -0.4 is 15.0 Å². The molecule has 2 aromatic carbocycles. The zero-order valence-electron chi connectivity index (χ0n) is 15.1. The zero-order chi connectivity index (χ0) is 19.8. The molecule has 0 amide bonds. The van der Waals surface area contributed by atoms with Crippen molar-refractivity contribution in [3.8, 4) is 28.6 Å². The molecule has 0 bridgehead atoms. The molecule has 144 valence electrons. The van der Waals surface area contributed by atoms with Crippen molar-refractivity contribution in [2.75, 3.05) is 13.2 Å². The smallest absolute Gasteiger partial charge is 0.258 e. The van der Waals surface area contributed by atoms with E-state index in [1.165, 1.54) is 17.6 Å². The first-order valence-electron chi connectivity index (χ1n) is 8.92. The number of ether oxygens (including phenoxy) is 2. The molecular formula is C21H15N3O4S. The third-order valence-corrected chi connectivity index (χ3v) is 5.33. The molecular weight excluding hydrogens is 390 g/mol. The Morgan fingerprint density at radius 3 is 2.76 bits per heavy atom. The number of aromatic hydroxyl groups is 1. The van der Waals surface area contributed by atoms with Gasteiger partial charge in [0.05, 0.1) is 11.3 Å². The minimum absolute atomic E-state index is 0.221. The molecule has 2 aromatic heterocycles. The molecule has 0 aliphatic carbocycles. The van der Waals surface area contributed by atoms with Gasteiger partial charge in [-0.25, -0.2) is 9.98 Å². The maximum absolute atomic E-state index is 12.0. The van der Waals surface area contributed by atoms with Crippen LogP contribution in [0.2, 0.25) is 0 Å². The monoisotopic (exact) mass is 405 g/mol. The number of hydrogen-bond acceptors (Lipinski definition) is 7. The molecule has 2 N–H and O–H groups in total. The standard InChI is InChI=1S/C21H15N3O4S/c25-19-14-4-2-1-3-13(14)15(20(26)24-19)10-22-21-23-16(11-29-21)12-5-6-17-18(9-12)28-8-7-27-17/h1-6,9-11H,7-8H2,(H2,24,25,26). The molecule has 5 rings (SSSR count). The summed E-state index contributed by atoms with van der Waals surface area (Å²) >= 11 is 1.38. The highest BCUT2D eigenvalue weighted by molar-refractivity contribution is 7.13. The Kier molecular flexibility index (Phi) is 4.25. The minimum Gasteiger partial charge on any atom is -0.494 e. The van der Waals surface area contributed by atoms with E-state index in [1.54, 1.807) is 18.2 Å². The summed E-state index contributed by atoms with van der Waals surface area (Å²) in [7, 11) is 0. The quantitative estimate of drug-likeness (QED) is 0.504. The Morgan fingerprint density at radius 1 is 1.10 bits per heavy atom. The Bertz CT molecular complexity index is 1310. The number of benzene rings is 2. The molecule has 7 nitrogen and oxygen atoms in total. The van der Waals surface area contributed by atoms with Gasteiger partial charge in [-0.1, -0.05) is 18.2 Å². The van der Waals surface area contributed by atoms with Gasteiger partial charge in [-0.3, -0.25) is 9.78 Å². The molecule has 0 saturated heterocycles. The fourth-order valence-corrected chi connectivity index (χ4v) is 3.87. The highest BCUT2D eigenvalue weighted by Gasteiger charge is 2.14. The molecule has 0 fully saturated rings. The maximum Gasteiger partial charge on any atom is 0.258 e. The number of fused-ring (bicyclic) bond motifs is 2. The van der Waals surface area contributed by atoms with Crippen LogP contribution in [-0.4, -0.2) is 34.5 Å². The van der Waals surface area contributed by atoms with Gasteiger partial charge in [0.2, 0.25) is 11.0 Å². The van der Waals surface area contributed by atoms with Crippen molar-refractivity contribution in [2.24, 2.45) is 4.99 Å². The van der Waals surface area contributed by atoms with E-state index in [-0.39, 0.29) is 11.4 Å². The molecule has 1 aliphatic rings. The lowest BCUT2D eigenvalue weighted by molar-refractivity contribution is 0.171. The van der Waals surface area contributed by atoms with Crippen LogP contribution in [0.3, 0.4) is 0 Å². The number of aliphatic imine (C=N–C) groups is 1. The van der Waals surface area contributed by atoms with Crippen LogP contribution in [0.1, 0.15) is 5.56 Å². The molecule has 29 heavy (non-hydrogen) atoms. The molecule has 3 heterocycles. The third-order valence-electron chi connectivity index (χ3n) is 4.58. The van der Waals surface area contributed by atoms with Gasteiger partial charge in [0.25, 0.3) is 5.56 Å². The highest BCUT2D eigenvalue weighted by atomic mass is 32.1. The highest BCUT2D eigenvalue weighted by Crippen LogP contribution is 2.35. The Labute approximate surface area is 168 Å². The van der Waals surface area contributed by atoms with E-state index in [0.717, 1.165) is 17.0 Å². The topological polar surface area (TPSA) is 96.8 Å². The summed E-state index contributed by atoms with van der Waals surface area (Å²) in [5.41, 5.74) is 1.78. The van der Waals surface area contributed by atoms with Gasteiger partial charge >= 0.3 is 0 Å². The van der Waals surface area contributed by atoms with E-state index in [9.17, 15) is 9.90 Å². The van der Waals surface area contributed by atoms with E-state index in [2.05, 4.69) is 15.0 Å². The Balaban J connectivity index is 1.47. The fraction of sp³-hybridized carbons (Fsp3) is 0.0952. The Morgan fingerprint density at radius 2 is 1.90 bits per heavy atom. The number of nitrogens with one attached hydrogen (secondary N) is 1. The molecule has 0 radical (unpaired) electrons. The van der Waals surface area contributed by atoms with E-state index in [4.69, 9.17) is 9.47 Å². The van der Waals surface area contributed by atoms with Gasteiger partial charge in [0.15, 0.2) is 11.5 Å². The first-order chi connectivity index (χ1) is 14.2. The first kappa shape index (κ1) is 17.4. The molecule has 1 aliphatic heterocycles. The normalized spacial score (nSPS) is 13.2. The first-order valence-corrected chi connectivity index (χ1v) is 9.80. The van der Waals surface area contributed by atoms with Gasteiger partial charge < -0.3 is 14.6 Å². The summed E-state index contributed by atoms with van der Waals surface area (Å²) in [5.74, 6) is 1.21. The number of nitrogens with zero attached hydrogens (tertiary/aromatic N) is 2. The predicted molar refractivity (Wildman–Crippen MR) is 112 cm³/mol. The minimum atomic E-state index is -0.342. The van der Waals surface area contributed by atoms with Crippen molar-refractivity contribution in [1.29, 1.82) is 0 Å². The van der Waals surface area contributed by atoms with Crippen molar-refractivity contribution in [1.82, 2.24) is 9.97 Å². The van der Waals surface area contributed by atoms with Crippen LogP contribution in [0.15, 0.2) is 57.6 Å². The van der Waals surface area contributed by atoms with Gasteiger partial charge in [0.1, 0.15) is 13.2 Å². The number of aromatic amines is 1. The molecule has 0 atom stereocenters. The van der Waals surface area contributed by atoms with Crippen molar-refractivity contribution >= 4 is 33.5 Å². The summed E-state index contributed by atoms with van der Waals surface area (Å²) in [4.78, 5) is 23.4. The summed E-state index contributed by atoms with van der Waals surface area (Å²) in [6, 6.07) is 12.8. The number of H-pyrrole nitrogens is 1. The average molecular weight is 405 g/mol. The van der Waals surface area contributed by atoms with Crippen LogP contribution in [-0.2, 0) is 0 Å². The number of hydrogen-bond donors (Lipinski definition) is 2. The Hall–Kier alpha value is -3.65. The SMILES string of the molecule is O=c1[nH]c(O)c(C=Nc2nc(-c3ccc4c(c3)OCCO4)cs2)c2ccccc12. The van der Waals surface area contributed by atoms with Crippen molar-refractivity contribution in [3.63, 3.8) is 0 Å². The lowest BCUT2D eigenvalue weighted by atomic mass is 10.1. The van der Waals surface area contributed by atoms with Crippen LogP contribution in [0, 0.1) is 0 Å². The molecule has 0 spiro atoms. The van der Waals surface area contributed by atoms with E-state index < -0.39 is 0 Å². The summed E-state index contributed by atoms with van der Waals surface area (Å²) in [5, 5.41) is 13.7. The second kappa shape index (κ2) is 7.06. The number of pyridine rings is 1. The maximum atomic E-state index is 12.0. The molecule has 0 unspecified atom stereocenters. The van der Waals surface area contributed by atoms with E-state index in [1.807, 2.05) is 29.6 Å². The summed E-state index contributed by atoms with van der Waals surface area (Å²) in [6.07, 6.45) is 1.51. The molecule has 4 aromatic rings.